The molecular formula is C17H17F2NO. The third-order valence-corrected chi connectivity index (χ3v) is 3.68. The van der Waals surface area contributed by atoms with Crippen molar-refractivity contribution in [2.75, 3.05) is 7.11 Å². The van der Waals surface area contributed by atoms with Crippen LogP contribution >= 0.6 is 0 Å². The average Bonchev–Trinajstić information content (AvgIpc) is 3.29. The van der Waals surface area contributed by atoms with E-state index in [1.54, 1.807) is 19.2 Å². The third kappa shape index (κ3) is 3.22. The van der Waals surface area contributed by atoms with E-state index in [-0.39, 0.29) is 11.6 Å². The Morgan fingerprint density at radius 1 is 1.05 bits per heavy atom. The second kappa shape index (κ2) is 5.82. The van der Waals surface area contributed by atoms with E-state index in [9.17, 15) is 8.78 Å². The standard InChI is InChI=1S/C17H17F2NO/c1-21-17-7-3-13(19)9-16(17)15-6-2-12(18)8-11(15)10-20-14-4-5-14/h2-3,6-9,14,20H,4-5,10H2,1H3. The topological polar surface area (TPSA) is 21.3 Å². The van der Waals surface area contributed by atoms with Gasteiger partial charge in [-0.3, -0.25) is 0 Å². The monoisotopic (exact) mass is 289 g/mol. The number of hydrogen-bond acceptors (Lipinski definition) is 2. The van der Waals surface area contributed by atoms with Crippen molar-refractivity contribution in [2.24, 2.45) is 0 Å². The fourth-order valence-electron chi connectivity index (χ4n) is 2.40. The molecule has 110 valence electrons. The normalized spacial score (nSPS) is 14.2. The van der Waals surface area contributed by atoms with Crippen LogP contribution in [0, 0.1) is 11.6 Å². The molecule has 0 spiro atoms. The number of ether oxygens (including phenoxy) is 1. The van der Waals surface area contributed by atoms with E-state index in [0.717, 1.165) is 24.0 Å². The van der Waals surface area contributed by atoms with Crippen LogP contribution in [0.1, 0.15) is 18.4 Å². The predicted octanol–water partition coefficient (Wildman–Crippen LogP) is 3.89. The molecule has 0 saturated heterocycles. The third-order valence-electron chi connectivity index (χ3n) is 3.68. The van der Waals surface area contributed by atoms with Gasteiger partial charge in [-0.15, -0.1) is 0 Å². The fourth-order valence-corrected chi connectivity index (χ4v) is 2.40. The van der Waals surface area contributed by atoms with E-state index in [2.05, 4.69) is 5.32 Å². The first-order chi connectivity index (χ1) is 10.2. The van der Waals surface area contributed by atoms with E-state index in [0.29, 0.717) is 23.9 Å². The second-order valence-electron chi connectivity index (χ2n) is 5.30. The Hall–Kier alpha value is -1.94. The van der Waals surface area contributed by atoms with Gasteiger partial charge in [-0.25, -0.2) is 8.78 Å². The first-order valence-corrected chi connectivity index (χ1v) is 7.03. The van der Waals surface area contributed by atoms with Gasteiger partial charge >= 0.3 is 0 Å². The zero-order valence-electron chi connectivity index (χ0n) is 11.8. The van der Waals surface area contributed by atoms with E-state index >= 15 is 0 Å². The van der Waals surface area contributed by atoms with Gasteiger partial charge in [0.05, 0.1) is 7.11 Å². The summed E-state index contributed by atoms with van der Waals surface area (Å²) < 4.78 is 32.4. The molecule has 0 aromatic heterocycles. The van der Waals surface area contributed by atoms with Gasteiger partial charge in [0, 0.05) is 18.2 Å². The van der Waals surface area contributed by atoms with Crippen LogP contribution in [0.5, 0.6) is 5.75 Å². The Kier molecular flexibility index (Phi) is 3.88. The van der Waals surface area contributed by atoms with Gasteiger partial charge in [0.15, 0.2) is 0 Å². The molecule has 1 fully saturated rings. The zero-order valence-corrected chi connectivity index (χ0v) is 11.8. The summed E-state index contributed by atoms with van der Waals surface area (Å²) >= 11 is 0. The summed E-state index contributed by atoms with van der Waals surface area (Å²) in [6.07, 6.45) is 2.32. The highest BCUT2D eigenvalue weighted by Crippen LogP contribution is 2.33. The number of rotatable bonds is 5. The van der Waals surface area contributed by atoms with Gasteiger partial charge < -0.3 is 10.1 Å². The summed E-state index contributed by atoms with van der Waals surface area (Å²) in [5.41, 5.74) is 2.25. The molecule has 2 aromatic rings. The summed E-state index contributed by atoms with van der Waals surface area (Å²) in [5, 5.41) is 3.36. The molecule has 0 bridgehead atoms. The van der Waals surface area contributed by atoms with Gasteiger partial charge in [-0.05, 0) is 54.3 Å². The van der Waals surface area contributed by atoms with Gasteiger partial charge in [-0.1, -0.05) is 6.07 Å². The van der Waals surface area contributed by atoms with Crippen LogP contribution in [-0.2, 0) is 6.54 Å². The Labute approximate surface area is 122 Å². The molecule has 0 atom stereocenters. The SMILES string of the molecule is COc1ccc(F)cc1-c1ccc(F)cc1CNC1CC1. The van der Waals surface area contributed by atoms with Crippen molar-refractivity contribution in [2.45, 2.75) is 25.4 Å². The summed E-state index contributed by atoms with van der Waals surface area (Å²) in [4.78, 5) is 0. The molecule has 0 radical (unpaired) electrons. The molecule has 0 amide bonds. The molecule has 0 unspecified atom stereocenters. The Bertz CT molecular complexity index is 653. The van der Waals surface area contributed by atoms with Crippen molar-refractivity contribution in [3.05, 3.63) is 53.6 Å². The molecule has 1 N–H and O–H groups in total. The Balaban J connectivity index is 2.01. The van der Waals surface area contributed by atoms with Crippen molar-refractivity contribution >= 4 is 0 Å². The van der Waals surface area contributed by atoms with Gasteiger partial charge in [0.25, 0.3) is 0 Å². The molecule has 21 heavy (non-hydrogen) atoms. The number of hydrogen-bond donors (Lipinski definition) is 1. The molecule has 1 aliphatic rings. The van der Waals surface area contributed by atoms with E-state index in [1.165, 1.54) is 24.3 Å². The number of methoxy groups -OCH3 is 1. The Morgan fingerprint density at radius 3 is 2.48 bits per heavy atom. The molecule has 4 heteroatoms. The van der Waals surface area contributed by atoms with Gasteiger partial charge in [-0.2, -0.15) is 0 Å². The highest BCUT2D eigenvalue weighted by atomic mass is 19.1. The summed E-state index contributed by atoms with van der Waals surface area (Å²) in [6, 6.07) is 9.45. The first kappa shape index (κ1) is 14.0. The van der Waals surface area contributed by atoms with Crippen LogP contribution in [0.15, 0.2) is 36.4 Å². The van der Waals surface area contributed by atoms with Crippen molar-refractivity contribution in [1.82, 2.24) is 5.32 Å². The smallest absolute Gasteiger partial charge is 0.126 e. The minimum atomic E-state index is -0.337. The molecular weight excluding hydrogens is 272 g/mol. The van der Waals surface area contributed by atoms with Crippen LogP contribution in [0.2, 0.25) is 0 Å². The van der Waals surface area contributed by atoms with Crippen LogP contribution in [0.3, 0.4) is 0 Å². The van der Waals surface area contributed by atoms with Crippen LogP contribution in [0.4, 0.5) is 8.78 Å². The highest BCUT2D eigenvalue weighted by Gasteiger charge is 2.21. The lowest BCUT2D eigenvalue weighted by molar-refractivity contribution is 0.415. The van der Waals surface area contributed by atoms with E-state index < -0.39 is 0 Å². The average molecular weight is 289 g/mol. The highest BCUT2D eigenvalue weighted by molar-refractivity contribution is 5.73. The second-order valence-corrected chi connectivity index (χ2v) is 5.30. The largest absolute Gasteiger partial charge is 0.496 e. The minimum Gasteiger partial charge on any atom is -0.496 e. The molecule has 1 saturated carbocycles. The number of halogens is 2. The summed E-state index contributed by atoms with van der Waals surface area (Å²) in [7, 11) is 1.54. The molecule has 3 rings (SSSR count). The maximum Gasteiger partial charge on any atom is 0.126 e. The van der Waals surface area contributed by atoms with Crippen molar-refractivity contribution in [3.63, 3.8) is 0 Å². The lowest BCUT2D eigenvalue weighted by atomic mass is 9.98. The predicted molar refractivity (Wildman–Crippen MR) is 78.2 cm³/mol. The fraction of sp³-hybridized carbons (Fsp3) is 0.294. The molecule has 2 aromatic carbocycles. The quantitative estimate of drug-likeness (QED) is 0.901. The van der Waals surface area contributed by atoms with Crippen LogP contribution in [-0.4, -0.2) is 13.2 Å². The molecule has 2 nitrogen and oxygen atoms in total. The van der Waals surface area contributed by atoms with Crippen LogP contribution in [0.25, 0.3) is 11.1 Å². The van der Waals surface area contributed by atoms with E-state index in [1.807, 2.05) is 0 Å². The minimum absolute atomic E-state index is 0.290. The molecule has 1 aliphatic carbocycles. The van der Waals surface area contributed by atoms with Crippen molar-refractivity contribution in [3.8, 4) is 16.9 Å². The van der Waals surface area contributed by atoms with Crippen LogP contribution < -0.4 is 10.1 Å². The molecule has 0 aliphatic heterocycles. The summed E-state index contributed by atoms with van der Waals surface area (Å²) in [6.45, 7) is 0.567. The van der Waals surface area contributed by atoms with Crippen molar-refractivity contribution < 1.29 is 13.5 Å². The maximum absolute atomic E-state index is 13.6. The maximum atomic E-state index is 13.6. The number of benzene rings is 2. The lowest BCUT2D eigenvalue weighted by Gasteiger charge is -2.14. The van der Waals surface area contributed by atoms with Gasteiger partial charge in [0.1, 0.15) is 17.4 Å². The summed E-state index contributed by atoms with van der Waals surface area (Å²) in [5.74, 6) is -0.0476. The van der Waals surface area contributed by atoms with E-state index in [4.69, 9.17) is 4.74 Å². The van der Waals surface area contributed by atoms with Crippen molar-refractivity contribution in [1.29, 1.82) is 0 Å². The Morgan fingerprint density at radius 2 is 1.76 bits per heavy atom. The number of nitrogens with one attached hydrogen (secondary N) is 1. The lowest BCUT2D eigenvalue weighted by Crippen LogP contribution is -2.16. The zero-order chi connectivity index (χ0) is 14.8. The molecule has 0 heterocycles. The first-order valence-electron chi connectivity index (χ1n) is 7.03. The van der Waals surface area contributed by atoms with Gasteiger partial charge in [0.2, 0.25) is 0 Å².